The summed E-state index contributed by atoms with van der Waals surface area (Å²) >= 11 is 0. The molecule has 2 saturated heterocycles. The minimum atomic E-state index is -4.94. The molecule has 4 aromatic rings. The van der Waals surface area contributed by atoms with Crippen LogP contribution in [0, 0.1) is 0 Å². The van der Waals surface area contributed by atoms with Crippen LogP contribution in [-0.2, 0) is 23.1 Å². The maximum atomic E-state index is 12.9. The highest BCUT2D eigenvalue weighted by atomic mass is 31.2. The normalized spacial score (nSPS) is 30.8. The van der Waals surface area contributed by atoms with Crippen LogP contribution >= 0.6 is 7.82 Å². The van der Waals surface area contributed by atoms with Crippen molar-refractivity contribution >= 4 is 42.0 Å². The number of nitrogens with one attached hydrogen (secondary N) is 1. The summed E-state index contributed by atoms with van der Waals surface area (Å²) in [5.74, 6) is -0.279. The van der Waals surface area contributed by atoms with E-state index in [9.17, 15) is 34.7 Å². The number of phosphoric ester groups is 1. The smallest absolute Gasteiger partial charge is 0.394 e. The number of ether oxygens (including phenoxy) is 2. The summed E-state index contributed by atoms with van der Waals surface area (Å²) in [5, 5.41) is 41.5. The highest BCUT2D eigenvalue weighted by Crippen LogP contribution is 2.49. The number of aromatic nitrogens is 8. The largest absolute Gasteiger partial charge is 0.472 e. The van der Waals surface area contributed by atoms with Crippen molar-refractivity contribution < 1.29 is 48.4 Å². The highest BCUT2D eigenvalue weighted by molar-refractivity contribution is 7.47. The number of nitrogen functional groups attached to an aromatic ring is 2. The fourth-order valence-electron chi connectivity index (χ4n) is 5.03. The molecule has 6 heterocycles. The summed E-state index contributed by atoms with van der Waals surface area (Å²) in [6.07, 6.45) is -7.15. The fraction of sp³-hybridized carbons (Fsp3) is 0.524. The van der Waals surface area contributed by atoms with Crippen molar-refractivity contribution in [1.82, 2.24) is 39.0 Å². The number of H-pyrrole nitrogens is 1. The maximum absolute atomic E-state index is 12.9. The second-order valence-corrected chi connectivity index (χ2v) is 11.2. The first-order valence-electron chi connectivity index (χ1n) is 12.8. The van der Waals surface area contributed by atoms with Gasteiger partial charge in [0.05, 0.1) is 38.2 Å². The molecule has 0 bridgehead atoms. The van der Waals surface area contributed by atoms with Gasteiger partial charge in [0, 0.05) is 6.42 Å². The summed E-state index contributed by atoms with van der Waals surface area (Å²) in [5.41, 5.74) is 11.1. The molecule has 0 aromatic carbocycles. The maximum Gasteiger partial charge on any atom is 0.472 e. The van der Waals surface area contributed by atoms with E-state index in [0.717, 1.165) is 10.9 Å². The van der Waals surface area contributed by atoms with Gasteiger partial charge in [-0.3, -0.25) is 28.0 Å². The van der Waals surface area contributed by atoms with Crippen LogP contribution in [0.4, 0.5) is 11.9 Å². The van der Waals surface area contributed by atoms with Crippen LogP contribution in [0.2, 0.25) is 0 Å². The van der Waals surface area contributed by atoms with Crippen LogP contribution in [0.1, 0.15) is 18.9 Å². The molecule has 22 heteroatoms. The van der Waals surface area contributed by atoms with E-state index in [1.165, 1.54) is 17.1 Å². The van der Waals surface area contributed by atoms with Gasteiger partial charge in [-0.25, -0.2) is 19.5 Å². The number of phosphoric acid groups is 1. The third-order valence-electron chi connectivity index (χ3n) is 7.08. The number of fused-ring (bicyclic) bond motifs is 2. The van der Waals surface area contributed by atoms with Gasteiger partial charge in [0.1, 0.15) is 36.0 Å². The molecule has 2 fully saturated rings. The zero-order valence-electron chi connectivity index (χ0n) is 21.9. The second kappa shape index (κ2) is 11.1. The molecule has 9 atom stereocenters. The Hall–Kier alpha value is -3.63. The number of hydrogen-bond acceptors (Lipinski definition) is 17. The first kappa shape index (κ1) is 29.4. The van der Waals surface area contributed by atoms with Crippen molar-refractivity contribution in [2.45, 2.75) is 55.5 Å². The van der Waals surface area contributed by atoms with Gasteiger partial charge < -0.3 is 46.3 Å². The van der Waals surface area contributed by atoms with Crippen LogP contribution in [0.15, 0.2) is 23.6 Å². The standard InChI is InChI=1S/C21H27N10O11P/c22-20-24-3-7-15(27-20)30(5-25-7)18-13(35)11(33)8(40-18)1-2-39-43(37,38)42-14-12(34)9(4-32)41-19(14)31-6-26-10-16(31)28-21(23)29-17(10)36/h3,5-6,8-9,11-14,18-19,32-35H,1-2,4H2,(H,37,38)(H2,22,24,27)(H3,23,28,29,36)/t8-,9-,11-,12-,13-,14-,18-,19-/m1/s1. The Labute approximate surface area is 239 Å². The summed E-state index contributed by atoms with van der Waals surface area (Å²) in [6, 6.07) is 0. The number of nitrogens with zero attached hydrogens (tertiary/aromatic N) is 7. The van der Waals surface area contributed by atoms with E-state index >= 15 is 0 Å². The van der Waals surface area contributed by atoms with Gasteiger partial charge in [-0.2, -0.15) is 9.97 Å². The molecule has 2 aliphatic heterocycles. The molecule has 10 N–H and O–H groups in total. The summed E-state index contributed by atoms with van der Waals surface area (Å²) in [7, 11) is -4.94. The van der Waals surface area contributed by atoms with E-state index in [1.807, 2.05) is 0 Å². The van der Waals surface area contributed by atoms with Gasteiger partial charge in [-0.15, -0.1) is 0 Å². The van der Waals surface area contributed by atoms with Crippen LogP contribution in [0.5, 0.6) is 0 Å². The average molecular weight is 626 g/mol. The molecule has 0 amide bonds. The molecule has 0 aliphatic carbocycles. The lowest BCUT2D eigenvalue weighted by molar-refractivity contribution is -0.0529. The van der Waals surface area contributed by atoms with Crippen molar-refractivity contribution in [1.29, 1.82) is 0 Å². The Bertz CT molecular complexity index is 1750. The zero-order chi connectivity index (χ0) is 30.6. The third kappa shape index (κ3) is 5.35. The molecule has 6 rings (SSSR count). The minimum absolute atomic E-state index is 0.0356. The monoisotopic (exact) mass is 626 g/mol. The van der Waals surface area contributed by atoms with Crippen molar-refractivity contribution in [3.8, 4) is 0 Å². The summed E-state index contributed by atoms with van der Waals surface area (Å²) in [6.45, 7) is -1.17. The van der Waals surface area contributed by atoms with Gasteiger partial charge in [0.2, 0.25) is 11.9 Å². The number of anilines is 2. The van der Waals surface area contributed by atoms with E-state index < -0.39 is 75.7 Å². The predicted molar refractivity (Wildman–Crippen MR) is 140 cm³/mol. The van der Waals surface area contributed by atoms with Crippen molar-refractivity contribution in [2.24, 2.45) is 0 Å². The van der Waals surface area contributed by atoms with Crippen molar-refractivity contribution in [3.05, 3.63) is 29.2 Å². The minimum Gasteiger partial charge on any atom is -0.394 e. The average Bonchev–Trinajstić information content (AvgIpc) is 3.70. The van der Waals surface area contributed by atoms with Crippen molar-refractivity contribution in [2.75, 3.05) is 24.7 Å². The predicted octanol–water partition coefficient (Wildman–Crippen LogP) is -3.11. The van der Waals surface area contributed by atoms with Gasteiger partial charge in [-0.1, -0.05) is 0 Å². The first-order valence-corrected chi connectivity index (χ1v) is 14.3. The lowest BCUT2D eigenvalue weighted by Gasteiger charge is -2.24. The summed E-state index contributed by atoms with van der Waals surface area (Å²) < 4.78 is 37.2. The van der Waals surface area contributed by atoms with Crippen LogP contribution in [-0.4, -0.2) is 114 Å². The number of aromatic amines is 1. The molecule has 2 aliphatic rings. The molecule has 4 aromatic heterocycles. The van der Waals surface area contributed by atoms with Gasteiger partial charge in [-0.05, 0) is 0 Å². The Morgan fingerprint density at radius 3 is 2.47 bits per heavy atom. The number of nitrogens with two attached hydrogens (primary N) is 2. The molecular weight excluding hydrogens is 599 g/mol. The summed E-state index contributed by atoms with van der Waals surface area (Å²) in [4.78, 5) is 44.9. The van der Waals surface area contributed by atoms with Crippen LogP contribution in [0.3, 0.4) is 0 Å². The topological polar surface area (TPSA) is 314 Å². The van der Waals surface area contributed by atoms with Gasteiger partial charge >= 0.3 is 7.82 Å². The second-order valence-electron chi connectivity index (χ2n) is 9.81. The van der Waals surface area contributed by atoms with E-state index in [4.69, 9.17) is 30.0 Å². The SMILES string of the molecule is Nc1ncc2ncn([C@@H]3O[C@H](CCOP(=O)(O)O[C@@H]4[C@H](O)[C@@H](CO)O[C@H]4n4cnc5c(=O)[nH]c(N)nc54)[C@@H](O)[C@H]3O)c2n1. The molecule has 43 heavy (non-hydrogen) atoms. The molecule has 0 spiro atoms. The molecular formula is C21H27N10O11P. The number of hydrogen-bond donors (Lipinski definition) is 8. The number of rotatable bonds is 9. The Morgan fingerprint density at radius 2 is 1.70 bits per heavy atom. The lowest BCUT2D eigenvalue weighted by atomic mass is 10.1. The van der Waals surface area contributed by atoms with E-state index in [-0.39, 0.29) is 35.1 Å². The Balaban J connectivity index is 1.13. The quantitative estimate of drug-likeness (QED) is 0.0852. The molecule has 232 valence electrons. The molecule has 0 radical (unpaired) electrons. The Morgan fingerprint density at radius 1 is 0.977 bits per heavy atom. The van der Waals surface area contributed by atoms with Crippen LogP contribution < -0.4 is 17.0 Å². The lowest BCUT2D eigenvalue weighted by Crippen LogP contribution is -2.35. The zero-order valence-corrected chi connectivity index (χ0v) is 22.8. The Kier molecular flexibility index (Phi) is 7.62. The number of aliphatic hydroxyl groups excluding tert-OH is 4. The molecule has 21 nitrogen and oxygen atoms in total. The van der Waals surface area contributed by atoms with E-state index in [1.54, 1.807) is 0 Å². The van der Waals surface area contributed by atoms with Crippen molar-refractivity contribution in [3.63, 3.8) is 0 Å². The van der Waals surface area contributed by atoms with Gasteiger partial charge in [0.15, 0.2) is 29.3 Å². The van der Waals surface area contributed by atoms with E-state index in [0.29, 0.717) is 5.52 Å². The van der Waals surface area contributed by atoms with Gasteiger partial charge in [0.25, 0.3) is 5.56 Å². The highest BCUT2D eigenvalue weighted by Gasteiger charge is 2.50. The number of imidazole rings is 2. The van der Waals surface area contributed by atoms with E-state index in [2.05, 4.69) is 29.9 Å². The molecule has 1 unspecified atom stereocenters. The third-order valence-corrected chi connectivity index (χ3v) is 8.09. The van der Waals surface area contributed by atoms with Crippen LogP contribution in [0.25, 0.3) is 22.3 Å². The molecule has 0 saturated carbocycles. The fourth-order valence-corrected chi connectivity index (χ4v) is 5.96. The number of aliphatic hydroxyl groups is 4. The first-order chi connectivity index (χ1) is 20.5.